The number of amides is 1. The number of carboxylic acid groups (broad SMARTS) is 4. The van der Waals surface area contributed by atoms with E-state index in [1.54, 1.807) is 11.3 Å². The van der Waals surface area contributed by atoms with Crippen LogP contribution in [-0.4, -0.2) is 117 Å². The number of ether oxygens (including phenoxy) is 1. The van der Waals surface area contributed by atoms with Gasteiger partial charge < -0.3 is 30.5 Å². The lowest BCUT2D eigenvalue weighted by Gasteiger charge is -2.35. The monoisotopic (exact) mass is 580 g/mol. The summed E-state index contributed by atoms with van der Waals surface area (Å²) in [6.07, 6.45) is 2.78. The Balaban J connectivity index is 0.000000393. The number of carbonyl (C=O) groups excluding carboxylic acids is 1. The summed E-state index contributed by atoms with van der Waals surface area (Å²) in [7, 11) is 0. The fourth-order valence-electron chi connectivity index (χ4n) is 3.86. The van der Waals surface area contributed by atoms with Gasteiger partial charge in [-0.15, -0.1) is 11.3 Å². The first kappa shape index (κ1) is 32.3. The Bertz CT molecular complexity index is 1130. The number of hydrogen-bond acceptors (Lipinski definition) is 10. The zero-order valence-corrected chi connectivity index (χ0v) is 22.6. The van der Waals surface area contributed by atoms with Gasteiger partial charge in [0.15, 0.2) is 0 Å². The fourth-order valence-corrected chi connectivity index (χ4v) is 4.48. The second-order valence-electron chi connectivity index (χ2n) is 8.81. The maximum Gasteiger partial charge on any atom is 0.414 e. The molecule has 40 heavy (non-hydrogen) atoms. The Morgan fingerprint density at radius 1 is 0.975 bits per heavy atom. The Labute approximate surface area is 233 Å². The van der Waals surface area contributed by atoms with Crippen LogP contribution in [0.3, 0.4) is 0 Å². The van der Waals surface area contributed by atoms with Gasteiger partial charge in [0.1, 0.15) is 0 Å². The Hall–Kier alpha value is -3.92. The molecule has 14 nitrogen and oxygen atoms in total. The first-order valence-electron chi connectivity index (χ1n) is 12.3. The minimum atomic E-state index is -1.82. The van der Waals surface area contributed by atoms with Gasteiger partial charge in [0.25, 0.3) is 0 Å². The predicted octanol–water partition coefficient (Wildman–Crippen LogP) is 1.16. The molecule has 2 aliphatic rings. The van der Waals surface area contributed by atoms with E-state index in [2.05, 4.69) is 20.1 Å². The van der Waals surface area contributed by atoms with Gasteiger partial charge in [-0.25, -0.2) is 24.2 Å². The Kier molecular flexibility index (Phi) is 13.1. The standard InChI is InChI=1S/C21H28N4O2S.2C2H2O4/c1-16-22-20(15-28-16)17-4-2-5-18(12-17)23-21(26)14-25-9-7-24(8-10-25)13-19-6-3-11-27-19;2*3-1(4)2(5)6/h2,4-5,12,15,19H,3,6-11,13-14H2,1H3,(H,23,26);2*(H,3,4)(H,5,6). The largest absolute Gasteiger partial charge is 0.473 e. The minimum absolute atomic E-state index is 0.0409. The van der Waals surface area contributed by atoms with Gasteiger partial charge in [-0.2, -0.15) is 0 Å². The smallest absolute Gasteiger partial charge is 0.414 e. The van der Waals surface area contributed by atoms with E-state index < -0.39 is 23.9 Å². The van der Waals surface area contributed by atoms with E-state index in [1.807, 2.05) is 36.6 Å². The molecule has 2 saturated heterocycles. The average Bonchev–Trinajstić information content (AvgIpc) is 3.58. The van der Waals surface area contributed by atoms with Crippen LogP contribution in [-0.2, 0) is 28.7 Å². The second kappa shape index (κ2) is 16.2. The van der Waals surface area contributed by atoms with Gasteiger partial charge in [0, 0.05) is 56.0 Å². The highest BCUT2D eigenvalue weighted by molar-refractivity contribution is 7.09. The summed E-state index contributed by atoms with van der Waals surface area (Å²) in [6.45, 7) is 8.25. The number of rotatable bonds is 6. The Morgan fingerprint density at radius 2 is 1.57 bits per heavy atom. The van der Waals surface area contributed by atoms with Gasteiger partial charge >= 0.3 is 23.9 Å². The summed E-state index contributed by atoms with van der Waals surface area (Å²) in [6, 6.07) is 7.91. The molecule has 2 fully saturated rings. The SMILES string of the molecule is Cc1nc(-c2cccc(NC(=O)CN3CCN(CC4CCCO4)CC3)c2)cs1.O=C(O)C(=O)O.O=C(O)C(=O)O. The number of aromatic nitrogens is 1. The molecule has 218 valence electrons. The van der Waals surface area contributed by atoms with Crippen molar-refractivity contribution >= 4 is 46.8 Å². The van der Waals surface area contributed by atoms with Crippen molar-refractivity contribution in [2.24, 2.45) is 0 Å². The van der Waals surface area contributed by atoms with E-state index in [0.29, 0.717) is 12.6 Å². The van der Waals surface area contributed by atoms with Crippen molar-refractivity contribution in [3.8, 4) is 11.3 Å². The first-order valence-corrected chi connectivity index (χ1v) is 13.1. The van der Waals surface area contributed by atoms with E-state index in [1.165, 1.54) is 12.8 Å². The molecule has 2 aliphatic heterocycles. The third-order valence-corrected chi connectivity index (χ3v) is 6.52. The van der Waals surface area contributed by atoms with Gasteiger partial charge in [0.05, 0.1) is 23.4 Å². The summed E-state index contributed by atoms with van der Waals surface area (Å²) in [4.78, 5) is 58.1. The quantitative estimate of drug-likeness (QED) is 0.304. The molecule has 1 aromatic heterocycles. The van der Waals surface area contributed by atoms with E-state index in [-0.39, 0.29) is 5.91 Å². The van der Waals surface area contributed by atoms with Crippen LogP contribution in [0.15, 0.2) is 29.6 Å². The molecular formula is C25H32N4O10S. The fraction of sp³-hybridized carbons (Fsp3) is 0.440. The molecule has 15 heteroatoms. The van der Waals surface area contributed by atoms with E-state index in [9.17, 15) is 4.79 Å². The molecule has 0 radical (unpaired) electrons. The van der Waals surface area contributed by atoms with Crippen LogP contribution >= 0.6 is 11.3 Å². The summed E-state index contributed by atoms with van der Waals surface area (Å²) >= 11 is 1.64. The van der Waals surface area contributed by atoms with Gasteiger partial charge in [0.2, 0.25) is 5.91 Å². The molecule has 0 aliphatic carbocycles. The lowest BCUT2D eigenvalue weighted by atomic mass is 10.1. The van der Waals surface area contributed by atoms with E-state index in [4.69, 9.17) is 44.3 Å². The number of aliphatic carboxylic acids is 4. The molecule has 1 amide bonds. The van der Waals surface area contributed by atoms with Gasteiger partial charge in [-0.1, -0.05) is 12.1 Å². The lowest BCUT2D eigenvalue weighted by molar-refractivity contribution is -0.159. The molecule has 5 N–H and O–H groups in total. The molecule has 1 unspecified atom stereocenters. The number of carboxylic acids is 4. The zero-order valence-electron chi connectivity index (χ0n) is 21.8. The highest BCUT2D eigenvalue weighted by Gasteiger charge is 2.23. The molecule has 0 bridgehead atoms. The molecule has 0 saturated carbocycles. The number of nitrogens with zero attached hydrogens (tertiary/aromatic N) is 3. The van der Waals surface area contributed by atoms with Crippen LogP contribution in [0.5, 0.6) is 0 Å². The molecule has 1 aromatic carbocycles. The van der Waals surface area contributed by atoms with Crippen LogP contribution in [0.2, 0.25) is 0 Å². The highest BCUT2D eigenvalue weighted by Crippen LogP contribution is 2.24. The Morgan fingerprint density at radius 3 is 2.08 bits per heavy atom. The van der Waals surface area contributed by atoms with Crippen LogP contribution in [0.25, 0.3) is 11.3 Å². The highest BCUT2D eigenvalue weighted by atomic mass is 32.1. The van der Waals surface area contributed by atoms with Crippen molar-refractivity contribution in [1.29, 1.82) is 0 Å². The molecule has 1 atom stereocenters. The van der Waals surface area contributed by atoms with Crippen LogP contribution in [0.1, 0.15) is 17.8 Å². The molecule has 0 spiro atoms. The van der Waals surface area contributed by atoms with Crippen molar-refractivity contribution < 1.29 is 49.1 Å². The summed E-state index contributed by atoms with van der Waals surface area (Å²) in [5.74, 6) is -7.26. The van der Waals surface area contributed by atoms with Gasteiger partial charge in [-0.3, -0.25) is 14.6 Å². The third kappa shape index (κ3) is 11.9. The van der Waals surface area contributed by atoms with E-state index >= 15 is 0 Å². The van der Waals surface area contributed by atoms with Crippen molar-refractivity contribution in [2.45, 2.75) is 25.9 Å². The van der Waals surface area contributed by atoms with Crippen molar-refractivity contribution in [2.75, 3.05) is 51.2 Å². The maximum atomic E-state index is 12.5. The zero-order chi connectivity index (χ0) is 29.7. The topological polar surface area (TPSA) is 207 Å². The number of carbonyl (C=O) groups is 5. The number of benzene rings is 1. The average molecular weight is 581 g/mol. The molecule has 2 aromatic rings. The number of aryl methyl sites for hydroxylation is 1. The van der Waals surface area contributed by atoms with Crippen molar-refractivity contribution in [1.82, 2.24) is 14.8 Å². The van der Waals surface area contributed by atoms with Crippen molar-refractivity contribution in [3.63, 3.8) is 0 Å². The number of thiazole rings is 1. The van der Waals surface area contributed by atoms with Gasteiger partial charge in [-0.05, 0) is 31.9 Å². The number of anilines is 1. The summed E-state index contributed by atoms with van der Waals surface area (Å²) in [5.41, 5.74) is 2.82. The number of piperazine rings is 1. The second-order valence-corrected chi connectivity index (χ2v) is 9.88. The maximum absolute atomic E-state index is 12.5. The molecule has 3 heterocycles. The number of nitrogens with one attached hydrogen (secondary N) is 1. The van der Waals surface area contributed by atoms with Crippen LogP contribution < -0.4 is 5.32 Å². The number of hydrogen-bond donors (Lipinski definition) is 5. The summed E-state index contributed by atoms with van der Waals surface area (Å²) in [5, 5.41) is 35.7. The third-order valence-electron chi connectivity index (χ3n) is 5.74. The minimum Gasteiger partial charge on any atom is -0.473 e. The lowest BCUT2D eigenvalue weighted by Crippen LogP contribution is -2.50. The van der Waals surface area contributed by atoms with Crippen molar-refractivity contribution in [3.05, 3.63) is 34.7 Å². The summed E-state index contributed by atoms with van der Waals surface area (Å²) < 4.78 is 5.73. The molecule has 4 rings (SSSR count). The molecular weight excluding hydrogens is 548 g/mol. The first-order chi connectivity index (χ1) is 18.9. The van der Waals surface area contributed by atoms with Crippen LogP contribution in [0.4, 0.5) is 5.69 Å². The van der Waals surface area contributed by atoms with Crippen LogP contribution in [0, 0.1) is 6.92 Å². The predicted molar refractivity (Wildman–Crippen MR) is 143 cm³/mol. The van der Waals surface area contributed by atoms with E-state index in [0.717, 1.165) is 61.3 Å². The normalized spacial score (nSPS) is 17.0.